The first kappa shape index (κ1) is 20.0. The van der Waals surface area contributed by atoms with Gasteiger partial charge in [-0.3, -0.25) is 4.90 Å². The molecule has 1 fully saturated rings. The highest BCUT2D eigenvalue weighted by atomic mass is 16.5. The third-order valence-corrected chi connectivity index (χ3v) is 5.28. The number of benzene rings is 2. The van der Waals surface area contributed by atoms with E-state index in [9.17, 15) is 5.11 Å². The van der Waals surface area contributed by atoms with Gasteiger partial charge in [-0.25, -0.2) is 0 Å². The van der Waals surface area contributed by atoms with Gasteiger partial charge in [0.1, 0.15) is 0 Å². The van der Waals surface area contributed by atoms with Crippen molar-refractivity contribution in [2.45, 2.75) is 38.0 Å². The van der Waals surface area contributed by atoms with Gasteiger partial charge >= 0.3 is 0 Å². The van der Waals surface area contributed by atoms with Crippen LogP contribution in [0.2, 0.25) is 0 Å². The molecule has 0 aliphatic carbocycles. The van der Waals surface area contributed by atoms with Crippen molar-refractivity contribution in [3.05, 3.63) is 71.8 Å². The first-order valence-electron chi connectivity index (χ1n) is 10.1. The third kappa shape index (κ3) is 6.74. The Kier molecular flexibility index (Phi) is 8.31. The van der Waals surface area contributed by atoms with Crippen molar-refractivity contribution in [1.29, 1.82) is 0 Å². The molecule has 0 bridgehead atoms. The highest BCUT2D eigenvalue weighted by molar-refractivity contribution is 5.16. The van der Waals surface area contributed by atoms with E-state index in [1.807, 2.05) is 18.2 Å². The number of aliphatic hydroxyl groups excluding tert-OH is 1. The van der Waals surface area contributed by atoms with Crippen LogP contribution >= 0.6 is 0 Å². The Hall–Kier alpha value is -1.72. The van der Waals surface area contributed by atoms with Crippen molar-refractivity contribution in [2.24, 2.45) is 0 Å². The molecule has 27 heavy (non-hydrogen) atoms. The lowest BCUT2D eigenvalue weighted by molar-refractivity contribution is 0.114. The van der Waals surface area contributed by atoms with E-state index in [0.29, 0.717) is 25.3 Å². The molecular formula is C23H32N2O2. The molecule has 1 aliphatic rings. The van der Waals surface area contributed by atoms with Gasteiger partial charge in [0.05, 0.1) is 19.8 Å². The summed E-state index contributed by atoms with van der Waals surface area (Å²) in [5.74, 6) is 0. The monoisotopic (exact) mass is 368 g/mol. The number of nitrogens with zero attached hydrogens (tertiary/aromatic N) is 1. The van der Waals surface area contributed by atoms with E-state index < -0.39 is 0 Å². The van der Waals surface area contributed by atoms with E-state index in [2.05, 4.69) is 52.7 Å². The second-order valence-electron chi connectivity index (χ2n) is 7.35. The maximum Gasteiger partial charge on any atom is 0.0717 e. The van der Waals surface area contributed by atoms with Crippen LogP contribution in [0.1, 0.15) is 24.0 Å². The molecule has 2 aromatic carbocycles. The smallest absolute Gasteiger partial charge is 0.0717 e. The summed E-state index contributed by atoms with van der Waals surface area (Å²) in [6.45, 7) is 4.51. The second-order valence-corrected chi connectivity index (χ2v) is 7.35. The third-order valence-electron chi connectivity index (χ3n) is 5.28. The molecular weight excluding hydrogens is 336 g/mol. The van der Waals surface area contributed by atoms with Crippen LogP contribution in [0.5, 0.6) is 0 Å². The molecule has 2 aromatic rings. The van der Waals surface area contributed by atoms with Crippen LogP contribution < -0.4 is 5.32 Å². The van der Waals surface area contributed by atoms with Crippen molar-refractivity contribution >= 4 is 0 Å². The SMILES string of the molecule is OCC1CCCN1CC(Cc1ccccc1)NCCOCc1ccccc1. The van der Waals surface area contributed by atoms with Gasteiger partial charge in [-0.2, -0.15) is 0 Å². The number of ether oxygens (including phenoxy) is 1. The zero-order valence-electron chi connectivity index (χ0n) is 16.1. The fourth-order valence-electron chi connectivity index (χ4n) is 3.82. The lowest BCUT2D eigenvalue weighted by Gasteiger charge is -2.29. The van der Waals surface area contributed by atoms with Crippen molar-refractivity contribution < 1.29 is 9.84 Å². The molecule has 0 saturated carbocycles. The Morgan fingerprint density at radius 3 is 2.44 bits per heavy atom. The summed E-state index contributed by atoms with van der Waals surface area (Å²) in [4.78, 5) is 2.44. The normalized spacial score (nSPS) is 18.6. The predicted molar refractivity (Wildman–Crippen MR) is 110 cm³/mol. The van der Waals surface area contributed by atoms with E-state index in [1.165, 1.54) is 17.5 Å². The molecule has 2 unspecified atom stereocenters. The Morgan fingerprint density at radius 2 is 1.74 bits per heavy atom. The maximum absolute atomic E-state index is 9.61. The molecule has 1 heterocycles. The van der Waals surface area contributed by atoms with Crippen molar-refractivity contribution in [2.75, 3.05) is 32.8 Å². The highest BCUT2D eigenvalue weighted by Gasteiger charge is 2.26. The Bertz CT molecular complexity index is 635. The first-order valence-corrected chi connectivity index (χ1v) is 10.1. The van der Waals surface area contributed by atoms with Crippen molar-refractivity contribution in [3.8, 4) is 0 Å². The molecule has 146 valence electrons. The van der Waals surface area contributed by atoms with E-state index in [0.717, 1.165) is 32.5 Å². The van der Waals surface area contributed by atoms with Gasteiger partial charge in [-0.05, 0) is 36.9 Å². The van der Waals surface area contributed by atoms with Gasteiger partial charge in [0.2, 0.25) is 0 Å². The van der Waals surface area contributed by atoms with Crippen LogP contribution in [0.25, 0.3) is 0 Å². The quantitative estimate of drug-likeness (QED) is 0.599. The predicted octanol–water partition coefficient (Wildman–Crippen LogP) is 2.86. The average Bonchev–Trinajstić information content (AvgIpc) is 3.16. The number of likely N-dealkylation sites (tertiary alicyclic amines) is 1. The van der Waals surface area contributed by atoms with Gasteiger partial charge in [0.25, 0.3) is 0 Å². The van der Waals surface area contributed by atoms with E-state index >= 15 is 0 Å². The molecule has 0 spiro atoms. The molecule has 0 aromatic heterocycles. The molecule has 0 amide bonds. The van der Waals surface area contributed by atoms with Gasteiger partial charge < -0.3 is 15.2 Å². The standard InChI is InChI=1S/C23H32N2O2/c26-18-23-12-7-14-25(23)17-22(16-20-8-3-1-4-9-20)24-13-15-27-19-21-10-5-2-6-11-21/h1-6,8-11,22-24,26H,7,12-19H2. The number of hydrogen-bond acceptors (Lipinski definition) is 4. The van der Waals surface area contributed by atoms with Crippen LogP contribution in [0, 0.1) is 0 Å². The topological polar surface area (TPSA) is 44.7 Å². The van der Waals surface area contributed by atoms with Crippen LogP contribution in [0.3, 0.4) is 0 Å². The summed E-state index contributed by atoms with van der Waals surface area (Å²) in [6.07, 6.45) is 3.28. The number of hydrogen-bond donors (Lipinski definition) is 2. The Labute approximate surface area is 163 Å². The summed E-state index contributed by atoms with van der Waals surface area (Å²) in [5, 5.41) is 13.3. The minimum Gasteiger partial charge on any atom is -0.395 e. The fraction of sp³-hybridized carbons (Fsp3) is 0.478. The summed E-state index contributed by atoms with van der Waals surface area (Å²) in [7, 11) is 0. The van der Waals surface area contributed by atoms with Gasteiger partial charge in [0, 0.05) is 25.2 Å². The van der Waals surface area contributed by atoms with Gasteiger partial charge in [-0.1, -0.05) is 60.7 Å². The summed E-state index contributed by atoms with van der Waals surface area (Å²) < 4.78 is 5.82. The summed E-state index contributed by atoms with van der Waals surface area (Å²) in [5.41, 5.74) is 2.56. The van der Waals surface area contributed by atoms with Crippen LogP contribution in [-0.4, -0.2) is 54.9 Å². The van der Waals surface area contributed by atoms with Gasteiger partial charge in [-0.15, -0.1) is 0 Å². The summed E-state index contributed by atoms with van der Waals surface area (Å²) in [6, 6.07) is 21.6. The zero-order chi connectivity index (χ0) is 18.7. The maximum atomic E-state index is 9.61. The minimum absolute atomic E-state index is 0.262. The van der Waals surface area contributed by atoms with Crippen LogP contribution in [0.15, 0.2) is 60.7 Å². The highest BCUT2D eigenvalue weighted by Crippen LogP contribution is 2.17. The second kappa shape index (κ2) is 11.2. The Balaban J connectivity index is 1.47. The number of aliphatic hydroxyl groups is 1. The first-order chi connectivity index (χ1) is 13.3. The Morgan fingerprint density at radius 1 is 1.04 bits per heavy atom. The van der Waals surface area contributed by atoms with Crippen molar-refractivity contribution in [1.82, 2.24) is 10.2 Å². The molecule has 2 N–H and O–H groups in total. The summed E-state index contributed by atoms with van der Waals surface area (Å²) >= 11 is 0. The average molecular weight is 369 g/mol. The number of rotatable bonds is 11. The lowest BCUT2D eigenvalue weighted by Crippen LogP contribution is -2.46. The largest absolute Gasteiger partial charge is 0.395 e. The molecule has 3 rings (SSSR count). The lowest BCUT2D eigenvalue weighted by atomic mass is 10.0. The molecule has 2 atom stereocenters. The molecule has 4 nitrogen and oxygen atoms in total. The zero-order valence-corrected chi connectivity index (χ0v) is 16.1. The minimum atomic E-state index is 0.262. The molecule has 4 heteroatoms. The van der Waals surface area contributed by atoms with Gasteiger partial charge in [0.15, 0.2) is 0 Å². The molecule has 0 radical (unpaired) electrons. The van der Waals surface area contributed by atoms with E-state index in [4.69, 9.17) is 4.74 Å². The molecule has 1 saturated heterocycles. The molecule has 1 aliphatic heterocycles. The van der Waals surface area contributed by atoms with Crippen molar-refractivity contribution in [3.63, 3.8) is 0 Å². The number of nitrogens with one attached hydrogen (secondary N) is 1. The van der Waals surface area contributed by atoms with Crippen LogP contribution in [-0.2, 0) is 17.8 Å². The van der Waals surface area contributed by atoms with Crippen LogP contribution in [0.4, 0.5) is 0 Å². The van der Waals surface area contributed by atoms with E-state index in [-0.39, 0.29) is 6.61 Å². The fourth-order valence-corrected chi connectivity index (χ4v) is 3.82. The van der Waals surface area contributed by atoms with E-state index in [1.54, 1.807) is 0 Å².